The summed E-state index contributed by atoms with van der Waals surface area (Å²) < 4.78 is 0. The van der Waals surface area contributed by atoms with Crippen LogP contribution in [0.15, 0.2) is 29.3 Å². The fraction of sp³-hybridized carbons (Fsp3) is 0.286. The Morgan fingerprint density at radius 3 is 2.55 bits per heavy atom. The number of nitrogens with one attached hydrogen (secondary N) is 1. The summed E-state index contributed by atoms with van der Waals surface area (Å²) in [7, 11) is 3.18. The first-order valence-electron chi connectivity index (χ1n) is 6.44. The van der Waals surface area contributed by atoms with E-state index in [1.54, 1.807) is 14.1 Å². The Bertz CT molecular complexity index is 642. The summed E-state index contributed by atoms with van der Waals surface area (Å²) in [5, 5.41) is 13.2. The molecule has 2 rings (SSSR count). The molecule has 0 spiro atoms. The minimum absolute atomic E-state index is 0.0299. The van der Waals surface area contributed by atoms with Gasteiger partial charge in [0.15, 0.2) is 5.17 Å². The molecule has 1 aliphatic rings. The number of carbonyl (C=O) groups is 3. The van der Waals surface area contributed by atoms with Crippen LogP contribution in [0.5, 0.6) is 0 Å². The number of aromatic carboxylic acids is 1. The van der Waals surface area contributed by atoms with Gasteiger partial charge in [-0.2, -0.15) is 0 Å². The number of thioether (sulfide) groups is 1. The molecule has 0 saturated carbocycles. The van der Waals surface area contributed by atoms with E-state index in [9.17, 15) is 19.5 Å². The fourth-order valence-corrected chi connectivity index (χ4v) is 2.92. The summed E-state index contributed by atoms with van der Waals surface area (Å²) in [6, 6.07) is 5.63. The summed E-state index contributed by atoms with van der Waals surface area (Å²) >= 11 is 1.22. The van der Waals surface area contributed by atoms with Crippen LogP contribution in [0, 0.1) is 0 Å². The molecule has 1 heterocycles. The molecule has 1 aliphatic heterocycles. The Kier molecular flexibility index (Phi) is 4.81. The highest BCUT2D eigenvalue weighted by Crippen LogP contribution is 2.26. The van der Waals surface area contributed by atoms with Crippen LogP contribution in [0.2, 0.25) is 0 Å². The predicted octanol–water partition coefficient (Wildman–Crippen LogP) is -0.0617. The zero-order valence-electron chi connectivity index (χ0n) is 12.0. The van der Waals surface area contributed by atoms with E-state index in [1.165, 1.54) is 40.9 Å². The van der Waals surface area contributed by atoms with E-state index in [4.69, 9.17) is 0 Å². The number of nitrogens with zero attached hydrogens (tertiary/aromatic N) is 2. The molecule has 1 aromatic rings. The van der Waals surface area contributed by atoms with Gasteiger partial charge in [-0.3, -0.25) is 19.5 Å². The lowest BCUT2D eigenvalue weighted by Crippen LogP contribution is -2.43. The molecule has 7 nitrogen and oxygen atoms in total. The van der Waals surface area contributed by atoms with Gasteiger partial charge in [-0.05, 0) is 17.7 Å². The number of aliphatic imine (C=N–C) groups is 1. The van der Waals surface area contributed by atoms with Crippen LogP contribution in [-0.4, -0.2) is 47.2 Å². The van der Waals surface area contributed by atoms with Gasteiger partial charge in [-0.25, -0.2) is 0 Å². The Hall–Kier alpha value is -2.35. The lowest BCUT2D eigenvalue weighted by atomic mass is 10.2. The number of rotatable bonds is 3. The lowest BCUT2D eigenvalue weighted by Gasteiger charge is -2.28. The van der Waals surface area contributed by atoms with Crippen molar-refractivity contribution in [3.63, 3.8) is 0 Å². The van der Waals surface area contributed by atoms with Crippen molar-refractivity contribution < 1.29 is 19.5 Å². The molecule has 0 aliphatic carbocycles. The van der Waals surface area contributed by atoms with Crippen molar-refractivity contribution in [3.05, 3.63) is 29.8 Å². The van der Waals surface area contributed by atoms with Crippen LogP contribution in [0.4, 0.5) is 5.69 Å². The molecule has 0 unspecified atom stereocenters. The number of carbonyl (C=O) groups excluding carboxylic acids is 3. The molecular formula is C14H14N3O4S-. The highest BCUT2D eigenvalue weighted by atomic mass is 32.2. The van der Waals surface area contributed by atoms with Gasteiger partial charge in [0.25, 0.3) is 0 Å². The number of hydrogen-bond acceptors (Lipinski definition) is 6. The average molecular weight is 320 g/mol. The summed E-state index contributed by atoms with van der Waals surface area (Å²) in [5.41, 5.74) is 0.485. The van der Waals surface area contributed by atoms with Crippen LogP contribution in [0.1, 0.15) is 16.8 Å². The zero-order chi connectivity index (χ0) is 16.3. The largest absolute Gasteiger partial charge is 0.545 e. The van der Waals surface area contributed by atoms with E-state index in [0.717, 1.165) is 0 Å². The zero-order valence-corrected chi connectivity index (χ0v) is 12.8. The molecule has 0 bridgehead atoms. The van der Waals surface area contributed by atoms with Crippen molar-refractivity contribution in [2.75, 3.05) is 19.4 Å². The topological polar surface area (TPSA) is 102 Å². The molecule has 2 amide bonds. The Morgan fingerprint density at radius 1 is 1.36 bits per heavy atom. The Balaban J connectivity index is 2.06. The van der Waals surface area contributed by atoms with Crippen molar-refractivity contribution in [1.29, 1.82) is 0 Å². The number of benzene rings is 1. The number of amidine groups is 1. The van der Waals surface area contributed by atoms with Crippen molar-refractivity contribution in [2.24, 2.45) is 4.99 Å². The first-order valence-corrected chi connectivity index (χ1v) is 7.32. The van der Waals surface area contributed by atoms with Gasteiger partial charge < -0.3 is 15.2 Å². The maximum atomic E-state index is 12.2. The first-order chi connectivity index (χ1) is 10.4. The monoisotopic (exact) mass is 320 g/mol. The molecular weight excluding hydrogens is 306 g/mol. The predicted molar refractivity (Wildman–Crippen MR) is 81.5 cm³/mol. The van der Waals surface area contributed by atoms with E-state index in [2.05, 4.69) is 10.3 Å². The van der Waals surface area contributed by atoms with E-state index in [0.29, 0.717) is 10.9 Å². The SMILES string of the molecule is CN=C1S[C@H](C(=O)Nc2ccc(C(=O)[O-])cc2)CC(=O)N1C. The maximum absolute atomic E-state index is 12.2. The van der Waals surface area contributed by atoms with Gasteiger partial charge in [-0.1, -0.05) is 23.9 Å². The lowest BCUT2D eigenvalue weighted by molar-refractivity contribution is -0.255. The molecule has 116 valence electrons. The number of carboxylic acid groups (broad SMARTS) is 1. The fourth-order valence-electron chi connectivity index (χ4n) is 1.91. The van der Waals surface area contributed by atoms with Gasteiger partial charge >= 0.3 is 0 Å². The van der Waals surface area contributed by atoms with Crippen LogP contribution in [0.3, 0.4) is 0 Å². The molecule has 1 fully saturated rings. The second kappa shape index (κ2) is 6.61. The third-order valence-electron chi connectivity index (χ3n) is 3.14. The van der Waals surface area contributed by atoms with E-state index in [1.807, 2.05) is 0 Å². The minimum Gasteiger partial charge on any atom is -0.545 e. The minimum atomic E-state index is -1.28. The Labute approximate surface area is 131 Å². The molecule has 0 radical (unpaired) electrons. The standard InChI is InChI=1S/C14H15N3O4S/c1-15-14-17(2)11(18)7-10(22-14)12(19)16-9-5-3-8(4-6-9)13(20)21/h3-6,10H,7H2,1-2H3,(H,16,19)(H,20,21)/p-1/t10-/m0/s1. The molecule has 1 aromatic carbocycles. The summed E-state index contributed by atoms with van der Waals surface area (Å²) in [6.45, 7) is 0. The van der Waals surface area contributed by atoms with E-state index in [-0.39, 0.29) is 23.8 Å². The van der Waals surface area contributed by atoms with Crippen LogP contribution in [-0.2, 0) is 9.59 Å². The van der Waals surface area contributed by atoms with Crippen molar-refractivity contribution in [2.45, 2.75) is 11.7 Å². The second-order valence-corrected chi connectivity index (χ2v) is 5.79. The van der Waals surface area contributed by atoms with E-state index >= 15 is 0 Å². The molecule has 1 atom stereocenters. The molecule has 22 heavy (non-hydrogen) atoms. The van der Waals surface area contributed by atoms with Crippen molar-refractivity contribution in [1.82, 2.24) is 4.90 Å². The third kappa shape index (κ3) is 3.45. The van der Waals surface area contributed by atoms with Gasteiger partial charge in [0.1, 0.15) is 5.25 Å². The van der Waals surface area contributed by atoms with Crippen molar-refractivity contribution in [3.8, 4) is 0 Å². The van der Waals surface area contributed by atoms with Gasteiger partial charge in [-0.15, -0.1) is 0 Å². The van der Waals surface area contributed by atoms with Crippen LogP contribution >= 0.6 is 11.8 Å². The normalized spacial score (nSPS) is 20.1. The number of carboxylic acids is 1. The molecule has 1 saturated heterocycles. The summed E-state index contributed by atoms with van der Waals surface area (Å²) in [6.07, 6.45) is 0.0865. The van der Waals surface area contributed by atoms with Gasteiger partial charge in [0.05, 0.1) is 5.97 Å². The average Bonchev–Trinajstić information content (AvgIpc) is 2.50. The summed E-state index contributed by atoms with van der Waals surface area (Å²) in [5.74, 6) is -1.78. The van der Waals surface area contributed by atoms with Gasteiger partial charge in [0.2, 0.25) is 11.8 Å². The molecule has 8 heteroatoms. The number of amides is 2. The summed E-state index contributed by atoms with van der Waals surface area (Å²) in [4.78, 5) is 40.1. The number of anilines is 1. The Morgan fingerprint density at radius 2 is 2.00 bits per heavy atom. The van der Waals surface area contributed by atoms with Crippen LogP contribution < -0.4 is 10.4 Å². The van der Waals surface area contributed by atoms with Crippen molar-refractivity contribution >= 4 is 40.4 Å². The molecule has 1 N–H and O–H groups in total. The molecule has 0 aromatic heterocycles. The number of hydrogen-bond donors (Lipinski definition) is 1. The van der Waals surface area contributed by atoms with Gasteiger partial charge in [0, 0.05) is 26.2 Å². The highest BCUT2D eigenvalue weighted by molar-refractivity contribution is 8.15. The quantitative estimate of drug-likeness (QED) is 0.840. The first kappa shape index (κ1) is 16.0. The maximum Gasteiger partial charge on any atom is 0.238 e. The smallest absolute Gasteiger partial charge is 0.238 e. The third-order valence-corrected chi connectivity index (χ3v) is 4.47. The second-order valence-electron chi connectivity index (χ2n) is 4.62. The highest BCUT2D eigenvalue weighted by Gasteiger charge is 2.33. The van der Waals surface area contributed by atoms with Crippen LogP contribution in [0.25, 0.3) is 0 Å². The van der Waals surface area contributed by atoms with E-state index < -0.39 is 11.2 Å².